The summed E-state index contributed by atoms with van der Waals surface area (Å²) in [7, 11) is 0. The van der Waals surface area contributed by atoms with Crippen LogP contribution in [0.25, 0.3) is 11.3 Å². The quantitative estimate of drug-likeness (QED) is 0.697. The Morgan fingerprint density at radius 2 is 1.79 bits per heavy atom. The predicted molar refractivity (Wildman–Crippen MR) is 74.9 cm³/mol. The van der Waals surface area contributed by atoms with E-state index >= 15 is 0 Å². The average molecular weight is 317 g/mol. The molecule has 2 heterocycles. The molecule has 0 saturated heterocycles. The standard InChI is InChI=1S/C13H9BrN4O/c14-11-3-1-10(2-4-11)13-6-5-12(19-13)7-17-18-8-15-16-9-18/h1-9H. The summed E-state index contributed by atoms with van der Waals surface area (Å²) in [6.07, 6.45) is 4.63. The van der Waals surface area contributed by atoms with Crippen molar-refractivity contribution in [2.75, 3.05) is 0 Å². The summed E-state index contributed by atoms with van der Waals surface area (Å²) >= 11 is 3.40. The highest BCUT2D eigenvalue weighted by atomic mass is 79.9. The molecule has 5 nitrogen and oxygen atoms in total. The third-order valence-electron chi connectivity index (χ3n) is 2.48. The van der Waals surface area contributed by atoms with E-state index in [1.807, 2.05) is 36.4 Å². The first-order valence-corrected chi connectivity index (χ1v) is 6.35. The van der Waals surface area contributed by atoms with Crippen LogP contribution >= 0.6 is 15.9 Å². The van der Waals surface area contributed by atoms with Gasteiger partial charge in [0.25, 0.3) is 0 Å². The largest absolute Gasteiger partial charge is 0.455 e. The summed E-state index contributed by atoms with van der Waals surface area (Å²) in [5, 5.41) is 11.4. The molecule has 0 bridgehead atoms. The van der Waals surface area contributed by atoms with Crippen LogP contribution in [0.4, 0.5) is 0 Å². The van der Waals surface area contributed by atoms with Gasteiger partial charge in [-0.3, -0.25) is 0 Å². The Kier molecular flexibility index (Phi) is 3.24. The molecule has 0 atom stereocenters. The van der Waals surface area contributed by atoms with Crippen molar-refractivity contribution in [1.82, 2.24) is 14.9 Å². The van der Waals surface area contributed by atoms with E-state index in [0.717, 1.165) is 15.8 Å². The molecule has 0 radical (unpaired) electrons. The van der Waals surface area contributed by atoms with Gasteiger partial charge in [0.2, 0.25) is 0 Å². The third-order valence-corrected chi connectivity index (χ3v) is 3.01. The van der Waals surface area contributed by atoms with Crippen molar-refractivity contribution in [3.8, 4) is 11.3 Å². The van der Waals surface area contributed by atoms with E-state index in [-0.39, 0.29) is 0 Å². The van der Waals surface area contributed by atoms with E-state index < -0.39 is 0 Å². The van der Waals surface area contributed by atoms with Gasteiger partial charge in [-0.2, -0.15) is 5.10 Å². The van der Waals surface area contributed by atoms with Crippen molar-refractivity contribution < 1.29 is 4.42 Å². The van der Waals surface area contributed by atoms with Gasteiger partial charge in [-0.15, -0.1) is 10.2 Å². The normalized spacial score (nSPS) is 11.2. The first-order valence-electron chi connectivity index (χ1n) is 5.56. The van der Waals surface area contributed by atoms with Gasteiger partial charge in [0, 0.05) is 10.0 Å². The molecule has 0 spiro atoms. The maximum Gasteiger partial charge on any atom is 0.147 e. The van der Waals surface area contributed by atoms with Crippen molar-refractivity contribution in [3.05, 3.63) is 59.3 Å². The van der Waals surface area contributed by atoms with Crippen LogP contribution in [0.1, 0.15) is 5.76 Å². The lowest BCUT2D eigenvalue weighted by Gasteiger charge is -1.96. The smallest absolute Gasteiger partial charge is 0.147 e. The second kappa shape index (κ2) is 5.19. The predicted octanol–water partition coefficient (Wildman–Crippen LogP) is 3.18. The van der Waals surface area contributed by atoms with Gasteiger partial charge in [0.15, 0.2) is 0 Å². The summed E-state index contributed by atoms with van der Waals surface area (Å²) in [5.41, 5.74) is 1.02. The minimum Gasteiger partial charge on any atom is -0.455 e. The Hall–Kier alpha value is -2.21. The Morgan fingerprint density at radius 1 is 1.05 bits per heavy atom. The molecule has 2 aromatic heterocycles. The molecule has 1 aromatic carbocycles. The lowest BCUT2D eigenvalue weighted by Crippen LogP contribution is -1.84. The van der Waals surface area contributed by atoms with Gasteiger partial charge in [0.05, 0.1) is 6.21 Å². The van der Waals surface area contributed by atoms with E-state index in [1.165, 1.54) is 17.3 Å². The Labute approximate surface area is 117 Å². The fourth-order valence-corrected chi connectivity index (χ4v) is 1.83. The number of hydrogen-bond donors (Lipinski definition) is 0. The van der Waals surface area contributed by atoms with Gasteiger partial charge in [0.1, 0.15) is 24.2 Å². The summed E-state index contributed by atoms with van der Waals surface area (Å²) in [5.74, 6) is 1.48. The van der Waals surface area contributed by atoms with Crippen LogP contribution in [0.3, 0.4) is 0 Å². The Bertz CT molecular complexity index is 686. The second-order valence-electron chi connectivity index (χ2n) is 3.80. The molecule has 0 saturated carbocycles. The molecule has 0 fully saturated rings. The molecule has 0 unspecified atom stereocenters. The monoisotopic (exact) mass is 316 g/mol. The molecule has 6 heteroatoms. The number of aromatic nitrogens is 3. The number of hydrogen-bond acceptors (Lipinski definition) is 4. The van der Waals surface area contributed by atoms with Crippen molar-refractivity contribution in [1.29, 1.82) is 0 Å². The van der Waals surface area contributed by atoms with Gasteiger partial charge < -0.3 is 4.42 Å². The van der Waals surface area contributed by atoms with Crippen molar-refractivity contribution in [2.24, 2.45) is 5.10 Å². The molecular weight excluding hydrogens is 308 g/mol. The number of benzene rings is 1. The highest BCUT2D eigenvalue weighted by molar-refractivity contribution is 9.10. The van der Waals surface area contributed by atoms with E-state index in [1.54, 1.807) is 6.21 Å². The highest BCUT2D eigenvalue weighted by Gasteiger charge is 2.03. The van der Waals surface area contributed by atoms with E-state index in [9.17, 15) is 0 Å². The highest BCUT2D eigenvalue weighted by Crippen LogP contribution is 2.23. The summed E-state index contributed by atoms with van der Waals surface area (Å²) < 4.78 is 8.23. The van der Waals surface area contributed by atoms with Gasteiger partial charge >= 0.3 is 0 Å². The van der Waals surface area contributed by atoms with Crippen LogP contribution < -0.4 is 0 Å². The summed E-state index contributed by atoms with van der Waals surface area (Å²) in [6.45, 7) is 0. The number of furan rings is 1. The fraction of sp³-hybridized carbons (Fsp3) is 0. The lowest BCUT2D eigenvalue weighted by molar-refractivity contribution is 0.574. The molecule has 0 aliphatic heterocycles. The molecular formula is C13H9BrN4O. The van der Waals surface area contributed by atoms with Crippen LogP contribution in [0.15, 0.2) is 63.0 Å². The zero-order valence-corrected chi connectivity index (χ0v) is 11.4. The minimum absolute atomic E-state index is 0.673. The van der Waals surface area contributed by atoms with Crippen molar-refractivity contribution >= 4 is 22.1 Å². The Morgan fingerprint density at radius 3 is 2.53 bits per heavy atom. The molecule has 3 rings (SSSR count). The first kappa shape index (κ1) is 11.9. The second-order valence-corrected chi connectivity index (χ2v) is 4.71. The van der Waals surface area contributed by atoms with E-state index in [2.05, 4.69) is 31.2 Å². The average Bonchev–Trinajstić information content (AvgIpc) is 3.09. The summed E-state index contributed by atoms with van der Waals surface area (Å²) in [4.78, 5) is 0. The third kappa shape index (κ3) is 2.79. The van der Waals surface area contributed by atoms with Gasteiger partial charge in [-0.25, -0.2) is 4.68 Å². The van der Waals surface area contributed by atoms with Crippen LogP contribution in [0.2, 0.25) is 0 Å². The lowest BCUT2D eigenvalue weighted by atomic mass is 10.2. The minimum atomic E-state index is 0.673. The van der Waals surface area contributed by atoms with Crippen molar-refractivity contribution in [3.63, 3.8) is 0 Å². The molecule has 0 N–H and O–H groups in total. The van der Waals surface area contributed by atoms with Crippen molar-refractivity contribution in [2.45, 2.75) is 0 Å². The number of halogens is 1. The van der Waals surface area contributed by atoms with Crippen LogP contribution in [-0.4, -0.2) is 21.1 Å². The molecule has 3 aromatic rings. The van der Waals surface area contributed by atoms with Crippen LogP contribution in [-0.2, 0) is 0 Å². The molecule has 0 aliphatic carbocycles. The molecule has 0 amide bonds. The first-order chi connectivity index (χ1) is 9.31. The van der Waals surface area contributed by atoms with E-state index in [0.29, 0.717) is 5.76 Å². The zero-order chi connectivity index (χ0) is 13.1. The zero-order valence-electron chi connectivity index (χ0n) is 9.77. The maximum absolute atomic E-state index is 5.69. The number of nitrogens with zero attached hydrogens (tertiary/aromatic N) is 4. The number of rotatable bonds is 3. The fourth-order valence-electron chi connectivity index (χ4n) is 1.57. The topological polar surface area (TPSA) is 56.2 Å². The maximum atomic E-state index is 5.69. The van der Waals surface area contributed by atoms with Gasteiger partial charge in [-0.05, 0) is 24.3 Å². The van der Waals surface area contributed by atoms with Gasteiger partial charge in [-0.1, -0.05) is 28.1 Å². The van der Waals surface area contributed by atoms with Crippen LogP contribution in [0.5, 0.6) is 0 Å². The Balaban J connectivity index is 1.81. The SMILES string of the molecule is Brc1ccc(-c2ccc(C=Nn3cnnc3)o2)cc1. The summed E-state index contributed by atoms with van der Waals surface area (Å²) in [6, 6.07) is 11.7. The molecule has 0 aliphatic rings. The van der Waals surface area contributed by atoms with Crippen LogP contribution in [0, 0.1) is 0 Å². The molecule has 19 heavy (non-hydrogen) atoms. The molecule has 94 valence electrons. The van der Waals surface area contributed by atoms with E-state index in [4.69, 9.17) is 4.42 Å².